The fourth-order valence-corrected chi connectivity index (χ4v) is 10.5. The van der Waals surface area contributed by atoms with Crippen LogP contribution in [0.2, 0.25) is 0 Å². The maximum absolute atomic E-state index is 13.6. The number of esters is 1. The number of hydrogen-bond donors (Lipinski definition) is 1. The zero-order valence-electron chi connectivity index (χ0n) is 56.0. The monoisotopic (exact) mass is 1200 g/mol. The molecular weight excluding hydrogens is 1070 g/mol. The van der Waals surface area contributed by atoms with Crippen molar-refractivity contribution in [1.29, 1.82) is 0 Å². The number of rotatable bonds is 63. The van der Waals surface area contributed by atoms with Crippen LogP contribution >= 0.6 is 7.82 Å². The van der Waals surface area contributed by atoms with Gasteiger partial charge in [-0.2, -0.15) is 0 Å². The molecule has 85 heavy (non-hydrogen) atoms. The van der Waals surface area contributed by atoms with E-state index in [1.807, 2.05) is 33.3 Å². The van der Waals surface area contributed by atoms with Crippen LogP contribution in [0.25, 0.3) is 0 Å². The van der Waals surface area contributed by atoms with Crippen LogP contribution in [0.5, 0.6) is 0 Å². The van der Waals surface area contributed by atoms with Gasteiger partial charge in [0, 0.05) is 12.8 Å². The number of phosphoric acid groups is 1. The second-order valence-electron chi connectivity index (χ2n) is 24.6. The number of phosphoric ester groups is 1. The molecule has 0 aromatic carbocycles. The standard InChI is InChI=1S/C75H133N2O7P/c1-7-10-13-16-19-22-25-28-30-32-34-35-36-37-38-39-40-41-43-44-46-49-52-55-58-61-64-67-74(78)76-72(71-83-85(80,81)82-70-69-77(4,5)6)73(66-63-60-57-54-51-48-27-24-21-18-15-12-9-3)84-75(79)68-65-62-59-56-53-50-47-45-42-33-31-29-26-23-20-17-14-11-8-2/h10,13,19-20,22-23,28-31,34-35,37-38,40-41,63,66,72-73H,7-9,11-12,14-18,21,24-27,32-33,36,39,42-62,64-65,67-71H2,1-6H3,(H-,76,78,80,81)/b13-10-,22-19-,23-20-,30-28-,31-29-,35-34-,38-37-,41-40-,66-63-. The first-order chi connectivity index (χ1) is 41.4. The van der Waals surface area contributed by atoms with Crippen molar-refractivity contribution < 1.29 is 37.3 Å². The highest BCUT2D eigenvalue weighted by atomic mass is 31.2. The number of quaternary nitrogens is 1. The summed E-state index contributed by atoms with van der Waals surface area (Å²) < 4.78 is 30.4. The molecule has 10 heteroatoms. The molecule has 0 saturated carbocycles. The Morgan fingerprint density at radius 3 is 1.15 bits per heavy atom. The maximum Gasteiger partial charge on any atom is 0.306 e. The van der Waals surface area contributed by atoms with E-state index in [-0.39, 0.29) is 24.9 Å². The first-order valence-corrected chi connectivity index (χ1v) is 36.7. The molecule has 0 fully saturated rings. The van der Waals surface area contributed by atoms with Crippen LogP contribution in [-0.4, -0.2) is 69.4 Å². The molecule has 1 amide bonds. The molecule has 0 radical (unpaired) electrons. The van der Waals surface area contributed by atoms with Crippen molar-refractivity contribution in [3.63, 3.8) is 0 Å². The number of amides is 1. The maximum atomic E-state index is 13.6. The Kier molecular flexibility index (Phi) is 61.2. The van der Waals surface area contributed by atoms with Gasteiger partial charge in [0.15, 0.2) is 0 Å². The Morgan fingerprint density at radius 1 is 0.424 bits per heavy atom. The SMILES string of the molecule is CC/C=C\C/C=C\C/C=C\C/C=C\C/C=C\C/C=C\CCCCCCCCCCC(=O)NC(COP(=O)([O-])OCC[N+](C)(C)C)C(/C=C\CCCCCCCCCCCCC)OC(=O)CCCCCCCCCCC/C=C\C/C=C\CCCCC. The molecule has 0 heterocycles. The van der Waals surface area contributed by atoms with E-state index in [0.29, 0.717) is 17.4 Å². The lowest BCUT2D eigenvalue weighted by Gasteiger charge is -2.30. The van der Waals surface area contributed by atoms with E-state index in [4.69, 9.17) is 13.8 Å². The minimum atomic E-state index is -4.71. The van der Waals surface area contributed by atoms with Gasteiger partial charge in [0.1, 0.15) is 19.3 Å². The molecule has 1 N–H and O–H groups in total. The van der Waals surface area contributed by atoms with Gasteiger partial charge in [0.05, 0.1) is 33.8 Å². The number of unbranched alkanes of at least 4 members (excludes halogenated alkanes) is 31. The highest BCUT2D eigenvalue weighted by Gasteiger charge is 2.27. The molecule has 3 atom stereocenters. The quantitative estimate of drug-likeness (QED) is 0.0212. The minimum absolute atomic E-state index is 0.0293. The van der Waals surface area contributed by atoms with Gasteiger partial charge in [0.2, 0.25) is 5.91 Å². The predicted molar refractivity (Wildman–Crippen MR) is 367 cm³/mol. The van der Waals surface area contributed by atoms with Gasteiger partial charge in [-0.1, -0.05) is 285 Å². The van der Waals surface area contributed by atoms with Crippen molar-refractivity contribution >= 4 is 19.7 Å². The lowest BCUT2D eigenvalue weighted by Crippen LogP contribution is -2.47. The second-order valence-corrected chi connectivity index (χ2v) is 26.1. The molecule has 9 nitrogen and oxygen atoms in total. The van der Waals surface area contributed by atoms with Crippen molar-refractivity contribution in [2.45, 2.75) is 315 Å². The van der Waals surface area contributed by atoms with Crippen molar-refractivity contribution in [3.05, 3.63) is 109 Å². The average molecular weight is 1210 g/mol. The Bertz CT molecular complexity index is 1820. The van der Waals surface area contributed by atoms with Gasteiger partial charge in [-0.05, 0) is 115 Å². The first-order valence-electron chi connectivity index (χ1n) is 35.2. The third-order valence-electron chi connectivity index (χ3n) is 15.2. The highest BCUT2D eigenvalue weighted by molar-refractivity contribution is 7.45. The first kappa shape index (κ1) is 81.7. The molecule has 0 aliphatic carbocycles. The zero-order chi connectivity index (χ0) is 62.1. The normalized spacial score (nSPS) is 14.2. The number of carbonyl (C=O) groups is 2. The Balaban J connectivity index is 5.14. The van der Waals surface area contributed by atoms with Crippen LogP contribution in [0.1, 0.15) is 303 Å². The van der Waals surface area contributed by atoms with Crippen LogP contribution in [0.4, 0.5) is 0 Å². The minimum Gasteiger partial charge on any atom is -0.756 e. The number of nitrogens with zero attached hydrogens (tertiary/aromatic N) is 1. The van der Waals surface area contributed by atoms with Crippen LogP contribution in [0.3, 0.4) is 0 Å². The molecule has 0 saturated heterocycles. The summed E-state index contributed by atoms with van der Waals surface area (Å²) >= 11 is 0. The van der Waals surface area contributed by atoms with E-state index < -0.39 is 26.6 Å². The molecule has 0 aliphatic heterocycles. The summed E-state index contributed by atoms with van der Waals surface area (Å²) in [5.41, 5.74) is 0. The summed E-state index contributed by atoms with van der Waals surface area (Å²) in [6, 6.07) is -0.902. The molecule has 490 valence electrons. The van der Waals surface area contributed by atoms with Crippen LogP contribution < -0.4 is 10.2 Å². The summed E-state index contributed by atoms with van der Waals surface area (Å²) in [4.78, 5) is 40.2. The Labute approximate surface area is 525 Å². The van der Waals surface area contributed by atoms with Crippen LogP contribution in [-0.2, 0) is 27.9 Å². The van der Waals surface area contributed by atoms with Gasteiger partial charge in [-0.3, -0.25) is 14.2 Å². The fraction of sp³-hybridized carbons (Fsp3) is 0.733. The molecule has 0 aromatic rings. The molecule has 0 spiro atoms. The Morgan fingerprint density at radius 2 is 0.753 bits per heavy atom. The average Bonchev–Trinajstić information content (AvgIpc) is 3.53. The van der Waals surface area contributed by atoms with Crippen LogP contribution in [0, 0.1) is 0 Å². The van der Waals surface area contributed by atoms with E-state index in [1.165, 1.54) is 141 Å². The van der Waals surface area contributed by atoms with Gasteiger partial charge >= 0.3 is 5.97 Å². The number of likely N-dealkylation sites (N-methyl/N-ethyl adjacent to an activating group) is 1. The predicted octanol–water partition coefficient (Wildman–Crippen LogP) is 21.8. The van der Waals surface area contributed by atoms with E-state index in [9.17, 15) is 19.0 Å². The molecule has 0 rings (SSSR count). The van der Waals surface area contributed by atoms with Gasteiger partial charge < -0.3 is 28.5 Å². The molecule has 3 unspecified atom stereocenters. The van der Waals surface area contributed by atoms with Crippen molar-refractivity contribution in [2.24, 2.45) is 0 Å². The summed E-state index contributed by atoms with van der Waals surface area (Å²) in [6.45, 7) is 6.71. The molecule has 0 aliphatic rings. The van der Waals surface area contributed by atoms with E-state index in [0.717, 1.165) is 128 Å². The lowest BCUT2D eigenvalue weighted by molar-refractivity contribution is -0.870. The zero-order valence-corrected chi connectivity index (χ0v) is 56.9. The highest BCUT2D eigenvalue weighted by Crippen LogP contribution is 2.38. The van der Waals surface area contributed by atoms with Crippen molar-refractivity contribution in [3.8, 4) is 0 Å². The number of ether oxygens (including phenoxy) is 1. The second kappa shape index (κ2) is 63.7. The third kappa shape index (κ3) is 65.0. The Hall–Kier alpha value is -3.33. The lowest BCUT2D eigenvalue weighted by atomic mass is 10.0. The smallest absolute Gasteiger partial charge is 0.306 e. The van der Waals surface area contributed by atoms with E-state index >= 15 is 0 Å². The molecule has 0 bridgehead atoms. The van der Waals surface area contributed by atoms with Crippen LogP contribution in [0.15, 0.2) is 109 Å². The molecule has 0 aromatic heterocycles. The van der Waals surface area contributed by atoms with E-state index in [1.54, 1.807) is 0 Å². The summed E-state index contributed by atoms with van der Waals surface area (Å²) in [7, 11) is 1.17. The van der Waals surface area contributed by atoms with Crippen molar-refractivity contribution in [1.82, 2.24) is 5.32 Å². The van der Waals surface area contributed by atoms with Crippen molar-refractivity contribution in [2.75, 3.05) is 40.9 Å². The summed E-state index contributed by atoms with van der Waals surface area (Å²) in [5, 5.41) is 3.04. The summed E-state index contributed by atoms with van der Waals surface area (Å²) in [5.74, 6) is -0.554. The number of carbonyl (C=O) groups excluding carboxylic acids is 2. The number of hydrogen-bond acceptors (Lipinski definition) is 7. The van der Waals surface area contributed by atoms with Gasteiger partial charge in [-0.25, -0.2) is 0 Å². The largest absolute Gasteiger partial charge is 0.756 e. The van der Waals surface area contributed by atoms with E-state index in [2.05, 4.69) is 123 Å². The van der Waals surface area contributed by atoms with Gasteiger partial charge in [0.25, 0.3) is 7.82 Å². The van der Waals surface area contributed by atoms with Gasteiger partial charge in [-0.15, -0.1) is 0 Å². The molecular formula is C75H133N2O7P. The third-order valence-corrected chi connectivity index (χ3v) is 16.2. The fourth-order valence-electron chi connectivity index (χ4n) is 9.79. The number of nitrogens with one attached hydrogen (secondary N) is 1. The summed E-state index contributed by atoms with van der Waals surface area (Å²) in [6.07, 6.45) is 87.7. The number of allylic oxidation sites excluding steroid dienone is 17. The topological polar surface area (TPSA) is 114 Å².